The number of nitrogens with one attached hydrogen (secondary N) is 1. The van der Waals surface area contributed by atoms with E-state index >= 15 is 0 Å². The van der Waals surface area contributed by atoms with Crippen molar-refractivity contribution in [2.75, 3.05) is 11.9 Å². The normalized spacial score (nSPS) is 12.5. The van der Waals surface area contributed by atoms with E-state index < -0.39 is 17.7 Å². The number of ketones is 1. The minimum absolute atomic E-state index is 0.0958. The number of benzene rings is 1. The van der Waals surface area contributed by atoms with E-state index in [0.29, 0.717) is 6.61 Å². The summed E-state index contributed by atoms with van der Waals surface area (Å²) >= 11 is 3.11. The first-order chi connectivity index (χ1) is 10.3. The van der Waals surface area contributed by atoms with Gasteiger partial charge >= 0.3 is 6.09 Å². The van der Waals surface area contributed by atoms with Gasteiger partial charge in [0.15, 0.2) is 5.78 Å². The van der Waals surface area contributed by atoms with E-state index in [9.17, 15) is 9.59 Å². The maximum absolute atomic E-state index is 11.9. The average Bonchev–Trinajstić information content (AvgIpc) is 2.44. The second kappa shape index (κ2) is 8.90. The van der Waals surface area contributed by atoms with Gasteiger partial charge in [0.05, 0.1) is 18.5 Å². The fourth-order valence-corrected chi connectivity index (χ4v) is 2.02. The SMILES string of the molecule is CC(C)(C)OC(=O)N[C@H](COCc1ccccc1)C(=O)CBr. The van der Waals surface area contributed by atoms with Crippen molar-refractivity contribution in [2.45, 2.75) is 39.0 Å². The van der Waals surface area contributed by atoms with Crippen molar-refractivity contribution in [3.63, 3.8) is 0 Å². The molecule has 0 saturated carbocycles. The highest BCUT2D eigenvalue weighted by Gasteiger charge is 2.23. The fourth-order valence-electron chi connectivity index (χ4n) is 1.63. The minimum Gasteiger partial charge on any atom is -0.444 e. The Balaban J connectivity index is 2.50. The molecule has 5 nitrogen and oxygen atoms in total. The summed E-state index contributed by atoms with van der Waals surface area (Å²) < 4.78 is 10.7. The number of hydrogen-bond donors (Lipinski definition) is 1. The van der Waals surface area contributed by atoms with Crippen molar-refractivity contribution < 1.29 is 19.1 Å². The third-order valence-electron chi connectivity index (χ3n) is 2.61. The van der Waals surface area contributed by atoms with Crippen LogP contribution in [-0.4, -0.2) is 35.5 Å². The van der Waals surface area contributed by atoms with Gasteiger partial charge in [-0.05, 0) is 26.3 Å². The molecule has 22 heavy (non-hydrogen) atoms. The molecule has 0 aromatic heterocycles. The van der Waals surface area contributed by atoms with E-state index in [1.807, 2.05) is 30.3 Å². The van der Waals surface area contributed by atoms with Crippen molar-refractivity contribution in [1.29, 1.82) is 0 Å². The lowest BCUT2D eigenvalue weighted by Crippen LogP contribution is -2.46. The number of hydrogen-bond acceptors (Lipinski definition) is 4. The Kier molecular flexibility index (Phi) is 7.55. The Morgan fingerprint density at radius 1 is 1.23 bits per heavy atom. The average molecular weight is 372 g/mol. The van der Waals surface area contributed by atoms with E-state index in [-0.39, 0.29) is 17.7 Å². The monoisotopic (exact) mass is 371 g/mol. The zero-order valence-corrected chi connectivity index (χ0v) is 14.7. The highest BCUT2D eigenvalue weighted by Crippen LogP contribution is 2.07. The highest BCUT2D eigenvalue weighted by atomic mass is 79.9. The largest absolute Gasteiger partial charge is 0.444 e. The van der Waals surface area contributed by atoms with Crippen LogP contribution in [0.25, 0.3) is 0 Å². The smallest absolute Gasteiger partial charge is 0.408 e. The van der Waals surface area contributed by atoms with Crippen LogP contribution in [0.1, 0.15) is 26.3 Å². The van der Waals surface area contributed by atoms with Crippen LogP contribution in [0.3, 0.4) is 0 Å². The molecule has 0 saturated heterocycles. The zero-order chi connectivity index (χ0) is 16.6. The lowest BCUT2D eigenvalue weighted by atomic mass is 10.2. The van der Waals surface area contributed by atoms with E-state index in [0.717, 1.165) is 5.56 Å². The second-order valence-corrected chi connectivity index (χ2v) is 6.36. The maximum Gasteiger partial charge on any atom is 0.408 e. The Morgan fingerprint density at radius 2 is 1.86 bits per heavy atom. The predicted octanol–water partition coefficient (Wildman–Crippen LogP) is 3.06. The van der Waals surface area contributed by atoms with Gasteiger partial charge in [-0.15, -0.1) is 0 Å². The van der Waals surface area contributed by atoms with E-state index in [1.54, 1.807) is 20.8 Å². The lowest BCUT2D eigenvalue weighted by Gasteiger charge is -2.22. The third-order valence-corrected chi connectivity index (χ3v) is 3.16. The van der Waals surface area contributed by atoms with Crippen molar-refractivity contribution in [3.8, 4) is 0 Å². The number of carbonyl (C=O) groups is 2. The summed E-state index contributed by atoms with van der Waals surface area (Å²) in [5, 5.41) is 2.69. The van der Waals surface area contributed by atoms with Gasteiger partial charge in [0.25, 0.3) is 0 Å². The highest BCUT2D eigenvalue weighted by molar-refractivity contribution is 9.09. The Bertz CT molecular complexity index is 485. The molecule has 0 bridgehead atoms. The number of alkyl halides is 1. The molecule has 1 rings (SSSR count). The number of amides is 1. The minimum atomic E-state index is -0.738. The van der Waals surface area contributed by atoms with Crippen LogP contribution >= 0.6 is 15.9 Å². The van der Waals surface area contributed by atoms with E-state index in [4.69, 9.17) is 9.47 Å². The van der Waals surface area contributed by atoms with Gasteiger partial charge in [-0.2, -0.15) is 0 Å². The van der Waals surface area contributed by atoms with Crippen LogP contribution < -0.4 is 5.32 Å². The van der Waals surface area contributed by atoms with Crippen LogP contribution in [-0.2, 0) is 20.9 Å². The van der Waals surface area contributed by atoms with Gasteiger partial charge in [0, 0.05) is 0 Å². The molecule has 122 valence electrons. The topological polar surface area (TPSA) is 64.6 Å². The Labute approximate surface area is 139 Å². The molecule has 1 amide bonds. The number of ether oxygens (including phenoxy) is 2. The molecule has 0 unspecified atom stereocenters. The first-order valence-corrected chi connectivity index (χ1v) is 8.14. The summed E-state index contributed by atoms with van der Waals surface area (Å²) in [6.45, 7) is 5.76. The summed E-state index contributed by atoms with van der Waals surface area (Å²) in [5.41, 5.74) is 0.390. The lowest BCUT2D eigenvalue weighted by molar-refractivity contribution is -0.120. The standard InChI is InChI=1S/C16H22BrNO4/c1-16(2,3)22-15(20)18-13(14(19)9-17)11-21-10-12-7-5-4-6-8-12/h4-8,13H,9-11H2,1-3H3,(H,18,20)/t13-/m1/s1. The summed E-state index contributed by atoms with van der Waals surface area (Å²) in [4.78, 5) is 23.6. The molecular weight excluding hydrogens is 350 g/mol. The summed E-state index contributed by atoms with van der Waals surface area (Å²) in [6.07, 6.45) is -0.630. The van der Waals surface area contributed by atoms with Gasteiger partial charge in [0.2, 0.25) is 0 Å². The summed E-state index contributed by atoms with van der Waals surface area (Å²) in [7, 11) is 0. The van der Waals surface area contributed by atoms with E-state index in [1.165, 1.54) is 0 Å². The van der Waals surface area contributed by atoms with Crippen LogP contribution in [0.2, 0.25) is 0 Å². The molecule has 0 aliphatic rings. The van der Waals surface area contributed by atoms with Crippen LogP contribution in [0.15, 0.2) is 30.3 Å². The molecule has 1 N–H and O–H groups in total. The molecular formula is C16H22BrNO4. The molecule has 1 aromatic carbocycles. The molecule has 0 radical (unpaired) electrons. The van der Waals surface area contributed by atoms with E-state index in [2.05, 4.69) is 21.2 Å². The number of Topliss-reactive ketones (excluding diaryl/α,β-unsaturated/α-hetero) is 1. The molecule has 0 fully saturated rings. The molecule has 0 heterocycles. The van der Waals surface area contributed by atoms with Crippen LogP contribution in [0, 0.1) is 0 Å². The van der Waals surface area contributed by atoms with Crippen LogP contribution in [0.4, 0.5) is 4.79 Å². The maximum atomic E-state index is 11.9. The summed E-state index contributed by atoms with van der Waals surface area (Å²) in [5.74, 6) is -0.168. The molecule has 0 aliphatic carbocycles. The van der Waals surface area contributed by atoms with Crippen molar-refractivity contribution in [3.05, 3.63) is 35.9 Å². The number of carbonyl (C=O) groups excluding carboxylic acids is 2. The Hall–Kier alpha value is -1.40. The quantitative estimate of drug-likeness (QED) is 0.748. The van der Waals surface area contributed by atoms with Crippen molar-refractivity contribution in [2.24, 2.45) is 0 Å². The number of alkyl carbamates (subject to hydrolysis) is 1. The number of halogens is 1. The second-order valence-electron chi connectivity index (χ2n) is 5.80. The zero-order valence-electron chi connectivity index (χ0n) is 13.1. The molecule has 6 heteroatoms. The first-order valence-electron chi connectivity index (χ1n) is 7.01. The molecule has 0 spiro atoms. The van der Waals surface area contributed by atoms with Gasteiger partial charge in [-0.3, -0.25) is 4.79 Å². The van der Waals surface area contributed by atoms with Gasteiger partial charge in [-0.25, -0.2) is 4.79 Å². The third kappa shape index (κ3) is 7.56. The number of rotatable bonds is 7. The summed E-state index contributed by atoms with van der Waals surface area (Å²) in [6, 6.07) is 8.88. The predicted molar refractivity (Wildman–Crippen MR) is 88.1 cm³/mol. The first kappa shape index (κ1) is 18.6. The molecule has 0 aliphatic heterocycles. The van der Waals surface area contributed by atoms with Crippen molar-refractivity contribution in [1.82, 2.24) is 5.32 Å². The van der Waals surface area contributed by atoms with Crippen molar-refractivity contribution >= 4 is 27.8 Å². The van der Waals surface area contributed by atoms with Gasteiger partial charge in [0.1, 0.15) is 11.6 Å². The molecule has 1 aromatic rings. The van der Waals surface area contributed by atoms with Gasteiger partial charge < -0.3 is 14.8 Å². The van der Waals surface area contributed by atoms with Gasteiger partial charge in [-0.1, -0.05) is 46.3 Å². The van der Waals surface area contributed by atoms with Crippen LogP contribution in [0.5, 0.6) is 0 Å². The fraction of sp³-hybridized carbons (Fsp3) is 0.500. The molecule has 1 atom stereocenters. The Morgan fingerprint density at radius 3 is 2.41 bits per heavy atom.